The maximum atomic E-state index is 6.23. The molecule has 1 unspecified atom stereocenters. The van der Waals surface area contributed by atoms with Crippen LogP contribution >= 0.6 is 11.3 Å². The van der Waals surface area contributed by atoms with Crippen molar-refractivity contribution in [2.24, 2.45) is 5.73 Å². The molecular formula is C12H23N3S. The molecule has 0 saturated carbocycles. The molecule has 1 atom stereocenters. The molecule has 0 amide bonds. The van der Waals surface area contributed by atoms with Crippen molar-refractivity contribution in [1.82, 2.24) is 9.88 Å². The van der Waals surface area contributed by atoms with Crippen molar-refractivity contribution in [2.45, 2.75) is 45.7 Å². The number of nitrogens with two attached hydrogens (primary N) is 1. The lowest BCUT2D eigenvalue weighted by Crippen LogP contribution is -2.46. The molecule has 0 saturated heterocycles. The number of nitrogens with zero attached hydrogens (tertiary/aromatic N) is 2. The summed E-state index contributed by atoms with van der Waals surface area (Å²) >= 11 is 1.71. The van der Waals surface area contributed by atoms with Gasteiger partial charge in [0.05, 0.1) is 10.7 Å². The molecule has 0 radical (unpaired) electrons. The van der Waals surface area contributed by atoms with Crippen molar-refractivity contribution in [1.29, 1.82) is 0 Å². The molecule has 0 spiro atoms. The monoisotopic (exact) mass is 241 g/mol. The van der Waals surface area contributed by atoms with E-state index >= 15 is 0 Å². The van der Waals surface area contributed by atoms with Crippen LogP contribution in [0, 0.1) is 6.92 Å². The number of likely N-dealkylation sites (N-methyl/N-ethyl adjacent to an activating group) is 1. The van der Waals surface area contributed by atoms with E-state index in [1.54, 1.807) is 11.3 Å². The zero-order chi connectivity index (χ0) is 12.2. The Morgan fingerprint density at radius 1 is 1.56 bits per heavy atom. The normalized spacial score (nSPS) is 15.4. The van der Waals surface area contributed by atoms with Gasteiger partial charge in [0.25, 0.3) is 0 Å². The summed E-state index contributed by atoms with van der Waals surface area (Å²) in [4.78, 5) is 6.72. The first-order chi connectivity index (χ1) is 7.43. The highest BCUT2D eigenvalue weighted by molar-refractivity contribution is 7.09. The number of aryl methyl sites for hydroxylation is 1. The lowest BCUT2D eigenvalue weighted by Gasteiger charge is -2.29. The van der Waals surface area contributed by atoms with Crippen molar-refractivity contribution < 1.29 is 0 Å². The van der Waals surface area contributed by atoms with E-state index in [2.05, 4.69) is 36.2 Å². The molecule has 0 aliphatic heterocycles. The summed E-state index contributed by atoms with van der Waals surface area (Å²) in [6.45, 7) is 8.14. The third-order valence-corrected chi connectivity index (χ3v) is 3.37. The van der Waals surface area contributed by atoms with Gasteiger partial charge in [-0.15, -0.1) is 11.3 Å². The van der Waals surface area contributed by atoms with E-state index in [9.17, 15) is 0 Å². The summed E-state index contributed by atoms with van der Waals surface area (Å²) in [5.74, 6) is 0. The second-order valence-electron chi connectivity index (χ2n) is 4.93. The van der Waals surface area contributed by atoms with Crippen LogP contribution in [0.3, 0.4) is 0 Å². The van der Waals surface area contributed by atoms with Gasteiger partial charge in [-0.25, -0.2) is 4.98 Å². The molecule has 0 aliphatic rings. The van der Waals surface area contributed by atoms with Gasteiger partial charge in [0.15, 0.2) is 0 Å². The molecule has 0 aliphatic carbocycles. The first-order valence-corrected chi connectivity index (χ1v) is 6.69. The SMILES string of the molecule is CCCC(C)(N)CN(C)Cc1csc(C)n1. The van der Waals surface area contributed by atoms with Crippen LogP contribution in [0.5, 0.6) is 0 Å². The summed E-state index contributed by atoms with van der Waals surface area (Å²) in [5.41, 5.74) is 7.29. The summed E-state index contributed by atoms with van der Waals surface area (Å²) in [6, 6.07) is 0. The summed E-state index contributed by atoms with van der Waals surface area (Å²) in [5, 5.41) is 3.26. The Kier molecular flexibility index (Phi) is 4.89. The van der Waals surface area contributed by atoms with Gasteiger partial charge in [-0.05, 0) is 27.3 Å². The van der Waals surface area contributed by atoms with Gasteiger partial charge in [-0.3, -0.25) is 4.90 Å². The van der Waals surface area contributed by atoms with Gasteiger partial charge in [-0.1, -0.05) is 13.3 Å². The summed E-state index contributed by atoms with van der Waals surface area (Å²) in [7, 11) is 2.11. The predicted molar refractivity (Wildman–Crippen MR) is 70.7 cm³/mol. The minimum Gasteiger partial charge on any atom is -0.324 e. The van der Waals surface area contributed by atoms with Crippen LogP contribution in [-0.4, -0.2) is 29.0 Å². The van der Waals surface area contributed by atoms with E-state index in [0.29, 0.717) is 0 Å². The number of hydrogen-bond acceptors (Lipinski definition) is 4. The largest absolute Gasteiger partial charge is 0.324 e. The Morgan fingerprint density at radius 2 is 2.25 bits per heavy atom. The zero-order valence-electron chi connectivity index (χ0n) is 10.8. The molecule has 1 heterocycles. The van der Waals surface area contributed by atoms with E-state index in [0.717, 1.165) is 36.6 Å². The van der Waals surface area contributed by atoms with Crippen molar-refractivity contribution in [3.63, 3.8) is 0 Å². The lowest BCUT2D eigenvalue weighted by atomic mass is 9.97. The van der Waals surface area contributed by atoms with Crippen LogP contribution in [0.4, 0.5) is 0 Å². The van der Waals surface area contributed by atoms with Crippen LogP contribution in [0.25, 0.3) is 0 Å². The molecule has 0 aromatic carbocycles. The molecule has 2 N–H and O–H groups in total. The maximum absolute atomic E-state index is 6.23. The molecule has 3 nitrogen and oxygen atoms in total. The summed E-state index contributed by atoms with van der Waals surface area (Å²) < 4.78 is 0. The van der Waals surface area contributed by atoms with E-state index in [-0.39, 0.29) is 5.54 Å². The van der Waals surface area contributed by atoms with Crippen molar-refractivity contribution in [3.8, 4) is 0 Å². The van der Waals surface area contributed by atoms with Crippen LogP contribution in [0.1, 0.15) is 37.4 Å². The Labute approximate surface area is 103 Å². The maximum Gasteiger partial charge on any atom is 0.0897 e. The van der Waals surface area contributed by atoms with Crippen LogP contribution in [0.15, 0.2) is 5.38 Å². The van der Waals surface area contributed by atoms with Gasteiger partial charge in [0.2, 0.25) is 0 Å². The highest BCUT2D eigenvalue weighted by atomic mass is 32.1. The van der Waals surface area contributed by atoms with Crippen LogP contribution in [-0.2, 0) is 6.54 Å². The Bertz CT molecular complexity index is 320. The third kappa shape index (κ3) is 4.60. The van der Waals surface area contributed by atoms with E-state index in [1.165, 1.54) is 0 Å². The number of thiazole rings is 1. The Morgan fingerprint density at radius 3 is 2.75 bits per heavy atom. The minimum atomic E-state index is -0.0887. The molecule has 1 aromatic heterocycles. The molecule has 0 fully saturated rings. The number of hydrogen-bond donors (Lipinski definition) is 1. The Hall–Kier alpha value is -0.450. The number of rotatable bonds is 6. The van der Waals surface area contributed by atoms with E-state index < -0.39 is 0 Å². The highest BCUT2D eigenvalue weighted by Crippen LogP contribution is 2.13. The van der Waals surface area contributed by atoms with Crippen LogP contribution in [0.2, 0.25) is 0 Å². The van der Waals surface area contributed by atoms with Crippen molar-refractivity contribution >= 4 is 11.3 Å². The highest BCUT2D eigenvalue weighted by Gasteiger charge is 2.19. The van der Waals surface area contributed by atoms with Gasteiger partial charge in [0, 0.05) is 24.0 Å². The van der Waals surface area contributed by atoms with Gasteiger partial charge < -0.3 is 5.73 Å². The first-order valence-electron chi connectivity index (χ1n) is 5.81. The first kappa shape index (κ1) is 13.6. The van der Waals surface area contributed by atoms with Crippen molar-refractivity contribution in [3.05, 3.63) is 16.1 Å². The molecule has 1 aromatic rings. The fourth-order valence-electron chi connectivity index (χ4n) is 2.08. The fourth-order valence-corrected chi connectivity index (χ4v) is 2.68. The molecular weight excluding hydrogens is 218 g/mol. The standard InChI is InChI=1S/C12H23N3S/c1-5-6-12(3,13)9-15(4)7-11-8-16-10(2)14-11/h8H,5-7,9,13H2,1-4H3. The van der Waals surface area contributed by atoms with Gasteiger partial charge in [-0.2, -0.15) is 0 Å². The minimum absolute atomic E-state index is 0.0887. The molecule has 1 rings (SSSR count). The average molecular weight is 241 g/mol. The van der Waals surface area contributed by atoms with Crippen molar-refractivity contribution in [2.75, 3.05) is 13.6 Å². The zero-order valence-corrected chi connectivity index (χ0v) is 11.6. The lowest BCUT2D eigenvalue weighted by molar-refractivity contribution is 0.239. The molecule has 0 bridgehead atoms. The summed E-state index contributed by atoms with van der Waals surface area (Å²) in [6.07, 6.45) is 2.20. The second-order valence-corrected chi connectivity index (χ2v) is 6.00. The third-order valence-electron chi connectivity index (χ3n) is 2.55. The fraction of sp³-hybridized carbons (Fsp3) is 0.750. The molecule has 16 heavy (non-hydrogen) atoms. The predicted octanol–water partition coefficient (Wildman–Crippen LogP) is 2.40. The topological polar surface area (TPSA) is 42.1 Å². The smallest absolute Gasteiger partial charge is 0.0897 e. The molecule has 92 valence electrons. The average Bonchev–Trinajstić information content (AvgIpc) is 2.49. The van der Waals surface area contributed by atoms with Crippen LogP contribution < -0.4 is 5.73 Å². The quantitative estimate of drug-likeness (QED) is 0.831. The van der Waals surface area contributed by atoms with Gasteiger partial charge >= 0.3 is 0 Å². The van der Waals surface area contributed by atoms with Gasteiger partial charge in [0.1, 0.15) is 0 Å². The number of aromatic nitrogens is 1. The van der Waals surface area contributed by atoms with E-state index in [1.807, 2.05) is 6.92 Å². The van der Waals surface area contributed by atoms with E-state index in [4.69, 9.17) is 5.73 Å². The molecule has 4 heteroatoms. The second kappa shape index (κ2) is 5.75. The Balaban J connectivity index is 2.44.